The number of nitrogens with zero attached hydrogens (tertiary/aromatic N) is 2. The summed E-state index contributed by atoms with van der Waals surface area (Å²) in [5.41, 5.74) is 0. The minimum atomic E-state index is -1.76. The van der Waals surface area contributed by atoms with Crippen LogP contribution in [0, 0.1) is 0 Å². The molecule has 12 nitrogen and oxygen atoms in total. The van der Waals surface area contributed by atoms with Crippen molar-refractivity contribution in [3.8, 4) is 0 Å². The number of aliphatic hydroxyl groups is 2. The number of unbranched alkanes of at least 4 members (excludes halogenated alkanes) is 52. The maximum absolute atomic E-state index is 12.8. The summed E-state index contributed by atoms with van der Waals surface area (Å²) < 4.78 is 38.6. The average molecular weight is 1680 g/mol. The first kappa shape index (κ1) is 117. The van der Waals surface area contributed by atoms with Gasteiger partial charge in [-0.15, -0.1) is 0 Å². The fourth-order valence-corrected chi connectivity index (χ4v) is 20.8. The normalized spacial score (nSPS) is 12.6. The van der Waals surface area contributed by atoms with E-state index in [9.17, 15) is 19.8 Å². The van der Waals surface area contributed by atoms with E-state index >= 15 is 0 Å². The van der Waals surface area contributed by atoms with Crippen LogP contribution >= 0.6 is 0 Å². The van der Waals surface area contributed by atoms with Crippen molar-refractivity contribution in [2.75, 3.05) is 65.7 Å². The lowest BCUT2D eigenvalue weighted by molar-refractivity contribution is -0.151. The van der Waals surface area contributed by atoms with Crippen LogP contribution in [0.4, 0.5) is 0 Å². The van der Waals surface area contributed by atoms with Gasteiger partial charge in [0, 0.05) is 39.1 Å². The summed E-state index contributed by atoms with van der Waals surface area (Å²) in [5, 5.41) is 19.5. The summed E-state index contributed by atoms with van der Waals surface area (Å²) >= 11 is 0. The zero-order chi connectivity index (χ0) is 85.3. The fourth-order valence-electron chi connectivity index (χ4n) is 16.5. The molecule has 0 aliphatic carbocycles. The van der Waals surface area contributed by atoms with Crippen molar-refractivity contribution in [2.45, 2.75) is 581 Å². The fraction of sp³-hybridized carbons (Fsp3) is 0.980. The molecule has 0 saturated heterocycles. The predicted molar refractivity (Wildman–Crippen MR) is 511 cm³/mol. The van der Waals surface area contributed by atoms with Crippen LogP contribution in [0.5, 0.6) is 0 Å². The molecule has 2 unspecified atom stereocenters. The Morgan fingerprint density at radius 2 is 0.457 bits per heavy atom. The van der Waals surface area contributed by atoms with Crippen molar-refractivity contribution in [1.29, 1.82) is 0 Å². The first-order valence-electron chi connectivity index (χ1n) is 52.3. The number of aliphatic hydroxyl groups excluding tert-OH is 2. The zero-order valence-corrected chi connectivity index (χ0v) is 82.8. The van der Waals surface area contributed by atoms with Gasteiger partial charge in [0.05, 0.1) is 13.2 Å². The van der Waals surface area contributed by atoms with Gasteiger partial charge in [-0.3, -0.25) is 9.59 Å². The van der Waals surface area contributed by atoms with E-state index in [1.807, 2.05) is 0 Å². The summed E-state index contributed by atoms with van der Waals surface area (Å²) in [6, 6.07) is 2.47. The molecule has 0 rings (SSSR count). The van der Waals surface area contributed by atoms with Crippen molar-refractivity contribution in [3.05, 3.63) is 0 Å². The molecule has 116 heavy (non-hydrogen) atoms. The Hall–Kier alpha value is -0.946. The van der Waals surface area contributed by atoms with Gasteiger partial charge in [-0.1, -0.05) is 376 Å². The summed E-state index contributed by atoms with van der Waals surface area (Å²) in [4.78, 5) is 30.5. The summed E-state index contributed by atoms with van der Waals surface area (Å²) in [6.45, 7) is 35.6. The average Bonchev–Trinajstić information content (AvgIpc) is 0.901. The van der Waals surface area contributed by atoms with Crippen molar-refractivity contribution in [2.24, 2.45) is 0 Å². The second-order valence-electron chi connectivity index (χ2n) is 37.2. The van der Waals surface area contributed by atoms with E-state index in [0.717, 1.165) is 181 Å². The highest BCUT2D eigenvalue weighted by Crippen LogP contribution is 2.27. The topological polar surface area (TPSA) is 136 Å². The van der Waals surface area contributed by atoms with E-state index in [2.05, 4.69) is 91.4 Å². The number of hydrogen-bond acceptors (Lipinski definition) is 12. The Morgan fingerprint density at radius 3 is 0.716 bits per heavy atom. The van der Waals surface area contributed by atoms with Crippen LogP contribution in [0.25, 0.3) is 0 Å². The third-order valence-corrected chi connectivity index (χ3v) is 29.2. The highest BCUT2D eigenvalue weighted by atomic mass is 28.4. The Bertz CT molecular complexity index is 1760. The first-order chi connectivity index (χ1) is 56.6. The van der Waals surface area contributed by atoms with E-state index in [0.29, 0.717) is 12.8 Å². The molecule has 2 atom stereocenters. The molecular formula is C102H210N2O10Si2. The second kappa shape index (κ2) is 93.2. The highest BCUT2D eigenvalue weighted by Gasteiger charge is 2.29. The molecule has 0 aromatic carbocycles. The molecule has 0 radical (unpaired) electrons. The van der Waals surface area contributed by atoms with Crippen molar-refractivity contribution < 1.29 is 47.6 Å². The van der Waals surface area contributed by atoms with Crippen LogP contribution in [0.3, 0.4) is 0 Å². The third-order valence-electron chi connectivity index (χ3n) is 24.3. The van der Waals surface area contributed by atoms with E-state index in [1.165, 1.54) is 333 Å². The van der Waals surface area contributed by atoms with Gasteiger partial charge in [0.1, 0.15) is 24.8 Å². The molecular weight excluding hydrogens is 1470 g/mol. The molecule has 0 amide bonds. The highest BCUT2D eigenvalue weighted by molar-refractivity contribution is 6.71. The lowest BCUT2D eigenvalue weighted by Gasteiger charge is -2.30. The molecule has 696 valence electrons. The van der Waals surface area contributed by atoms with E-state index in [1.54, 1.807) is 0 Å². The van der Waals surface area contributed by atoms with Gasteiger partial charge in [-0.05, 0) is 193 Å². The van der Waals surface area contributed by atoms with Crippen molar-refractivity contribution in [3.63, 3.8) is 0 Å². The van der Waals surface area contributed by atoms with Gasteiger partial charge >= 0.3 is 11.9 Å². The van der Waals surface area contributed by atoms with Crippen LogP contribution in [0.1, 0.15) is 518 Å². The number of carbonyl (C=O) groups is 2. The van der Waals surface area contributed by atoms with Gasteiger partial charge in [-0.2, -0.15) is 0 Å². The molecule has 0 heterocycles. The molecule has 0 aromatic rings. The number of carbonyl (C=O) groups excluding carboxylic acids is 2. The Kier molecular flexibility index (Phi) is 94.1. The second-order valence-corrected chi connectivity index (χ2v) is 45.8. The monoisotopic (exact) mass is 1680 g/mol. The standard InChI is InChI=1S/2C51H105NO5Si/c2*1-7-11-15-19-24-31-39-49(40-32-25-20-16-12-8-2)56-50(54)41-33-26-23-27-35-43-52(45-46-53)44-36-30-34-42-51(55-47-37-28-21-17-13-9-3)57-58(5,6)48-38-29-22-18-14-10-4/h2*49,51,53H,7-48H2,1-6H3. The molecule has 14 heteroatoms. The summed E-state index contributed by atoms with van der Waals surface area (Å²) in [7, 11) is -3.52. The number of ether oxygens (including phenoxy) is 4. The van der Waals surface area contributed by atoms with E-state index < -0.39 is 16.6 Å². The Morgan fingerprint density at radius 1 is 0.250 bits per heavy atom. The summed E-state index contributed by atoms with van der Waals surface area (Å²) in [5.74, 6) is 0.0505. The Labute approximate surface area is 728 Å². The lowest BCUT2D eigenvalue weighted by Crippen LogP contribution is -2.37. The Balaban J connectivity index is 0. The first-order valence-corrected chi connectivity index (χ1v) is 58.5. The summed E-state index contributed by atoms with van der Waals surface area (Å²) in [6.07, 6.45) is 87.8. The largest absolute Gasteiger partial charge is 0.462 e. The predicted octanol–water partition coefficient (Wildman–Crippen LogP) is 31.8. The quantitative estimate of drug-likeness (QED) is 0.0260. The molecule has 0 aliphatic rings. The smallest absolute Gasteiger partial charge is 0.306 e. The lowest BCUT2D eigenvalue weighted by atomic mass is 10.0. The van der Waals surface area contributed by atoms with Gasteiger partial charge in [0.15, 0.2) is 16.6 Å². The van der Waals surface area contributed by atoms with E-state index in [-0.39, 0.29) is 49.9 Å². The SMILES string of the molecule is CCCCCCCCOC(CCCCCN(CCO)CCCCCCCC(=O)OC(CCCCCCCC)CCCCCCCC)O[Si](C)(C)CCCCCCCC.CCCCCCCCOC(CCCCCN(CCO)CCCCCCCC(=O)OC(CCCCCCCC)CCCCCCCC)O[Si](C)(C)CCCCCCCC. The van der Waals surface area contributed by atoms with Gasteiger partial charge in [0.25, 0.3) is 0 Å². The van der Waals surface area contributed by atoms with Crippen LogP contribution in [0.2, 0.25) is 38.3 Å². The molecule has 2 N–H and O–H groups in total. The van der Waals surface area contributed by atoms with Crippen LogP contribution in [0.15, 0.2) is 0 Å². The molecule has 0 bridgehead atoms. The molecule has 0 aromatic heterocycles. The number of rotatable bonds is 96. The van der Waals surface area contributed by atoms with Crippen LogP contribution in [-0.2, 0) is 37.4 Å². The molecule has 0 aliphatic heterocycles. The number of esters is 2. The van der Waals surface area contributed by atoms with Gasteiger partial charge in [-0.25, -0.2) is 0 Å². The zero-order valence-electron chi connectivity index (χ0n) is 80.8. The van der Waals surface area contributed by atoms with Crippen LogP contribution < -0.4 is 0 Å². The van der Waals surface area contributed by atoms with Gasteiger partial charge < -0.3 is 47.8 Å². The van der Waals surface area contributed by atoms with Crippen LogP contribution in [-0.4, -0.2) is 139 Å². The minimum absolute atomic E-state index is 0.0253. The maximum atomic E-state index is 12.8. The third kappa shape index (κ3) is 87.9. The maximum Gasteiger partial charge on any atom is 0.306 e. The molecule has 0 fully saturated rings. The number of hydrogen-bond donors (Lipinski definition) is 2. The molecule has 0 saturated carbocycles. The minimum Gasteiger partial charge on any atom is -0.462 e. The van der Waals surface area contributed by atoms with Crippen molar-refractivity contribution >= 4 is 28.6 Å². The van der Waals surface area contributed by atoms with Gasteiger partial charge in [0.2, 0.25) is 0 Å². The van der Waals surface area contributed by atoms with E-state index in [4.69, 9.17) is 27.8 Å². The van der Waals surface area contributed by atoms with Crippen molar-refractivity contribution in [1.82, 2.24) is 9.80 Å². The molecule has 0 spiro atoms.